The van der Waals surface area contributed by atoms with E-state index in [0.717, 1.165) is 12.0 Å². The number of hydrogen-bond acceptors (Lipinski definition) is 5. The predicted octanol–water partition coefficient (Wildman–Crippen LogP) is 2.87. The van der Waals surface area contributed by atoms with Crippen LogP contribution >= 0.6 is 11.5 Å². The molecule has 1 heterocycles. The molecule has 0 aliphatic carbocycles. The van der Waals surface area contributed by atoms with E-state index in [1.165, 1.54) is 11.5 Å². The maximum absolute atomic E-state index is 11.1. The topological polar surface area (TPSA) is 75.1 Å². The van der Waals surface area contributed by atoms with Crippen LogP contribution in [0.2, 0.25) is 0 Å². The molecule has 100 valence electrons. The molecular formula is C13H15N3O2S. The van der Waals surface area contributed by atoms with Crippen LogP contribution in [0.15, 0.2) is 30.3 Å². The molecule has 0 fully saturated rings. The smallest absolute Gasteiger partial charge is 0.326 e. The quantitative estimate of drug-likeness (QED) is 0.849. The van der Waals surface area contributed by atoms with Crippen LogP contribution in [0, 0.1) is 0 Å². The number of rotatable bonds is 6. The fourth-order valence-corrected chi connectivity index (χ4v) is 2.32. The van der Waals surface area contributed by atoms with E-state index in [9.17, 15) is 4.79 Å². The fourth-order valence-electron chi connectivity index (χ4n) is 1.68. The molecule has 2 N–H and O–H groups in total. The Hall–Kier alpha value is -1.95. The van der Waals surface area contributed by atoms with Crippen molar-refractivity contribution in [1.29, 1.82) is 0 Å². The average Bonchev–Trinajstić information content (AvgIpc) is 2.88. The van der Waals surface area contributed by atoms with E-state index < -0.39 is 12.0 Å². The van der Waals surface area contributed by atoms with Crippen LogP contribution in [0.3, 0.4) is 0 Å². The summed E-state index contributed by atoms with van der Waals surface area (Å²) in [5, 5.41) is 12.5. The van der Waals surface area contributed by atoms with Gasteiger partial charge in [0.2, 0.25) is 5.13 Å². The number of aliphatic carboxylic acids is 1. The summed E-state index contributed by atoms with van der Waals surface area (Å²) in [4.78, 5) is 15.4. The van der Waals surface area contributed by atoms with Gasteiger partial charge in [0.15, 0.2) is 5.82 Å². The third kappa shape index (κ3) is 3.51. The maximum atomic E-state index is 11.1. The number of carboxylic acids is 1. The number of nitrogens with zero attached hydrogens (tertiary/aromatic N) is 2. The van der Waals surface area contributed by atoms with Gasteiger partial charge in [-0.15, -0.1) is 0 Å². The standard InChI is InChI=1S/C13H15N3O2S/c1-2-6-10(12(17)18)14-13-15-11(16-19-13)9-7-4-3-5-8-9/h3-5,7-8,10H,2,6H2,1H3,(H,17,18)(H,14,15,16). The summed E-state index contributed by atoms with van der Waals surface area (Å²) >= 11 is 1.18. The Kier molecular flexibility index (Phi) is 4.46. The van der Waals surface area contributed by atoms with E-state index in [4.69, 9.17) is 5.11 Å². The lowest BCUT2D eigenvalue weighted by atomic mass is 10.2. The predicted molar refractivity (Wildman–Crippen MR) is 75.3 cm³/mol. The van der Waals surface area contributed by atoms with Crippen LogP contribution in [0.5, 0.6) is 0 Å². The molecule has 0 aliphatic rings. The molecule has 1 aromatic heterocycles. The molecule has 2 aromatic rings. The summed E-state index contributed by atoms with van der Waals surface area (Å²) in [7, 11) is 0. The van der Waals surface area contributed by atoms with Crippen molar-refractivity contribution in [1.82, 2.24) is 9.36 Å². The van der Waals surface area contributed by atoms with E-state index in [0.29, 0.717) is 17.4 Å². The Morgan fingerprint density at radius 2 is 2.16 bits per heavy atom. The fraction of sp³-hybridized carbons (Fsp3) is 0.308. The summed E-state index contributed by atoms with van der Waals surface area (Å²) < 4.78 is 4.23. The van der Waals surface area contributed by atoms with Crippen molar-refractivity contribution in [3.8, 4) is 11.4 Å². The number of carboxylic acid groups (broad SMARTS) is 1. The van der Waals surface area contributed by atoms with Gasteiger partial charge in [-0.1, -0.05) is 43.7 Å². The van der Waals surface area contributed by atoms with Gasteiger partial charge in [-0.25, -0.2) is 4.79 Å². The summed E-state index contributed by atoms with van der Waals surface area (Å²) in [5.41, 5.74) is 0.925. The van der Waals surface area contributed by atoms with Crippen LogP contribution in [0.25, 0.3) is 11.4 Å². The number of carbonyl (C=O) groups is 1. The molecule has 0 aliphatic heterocycles. The number of benzene rings is 1. The van der Waals surface area contributed by atoms with E-state index >= 15 is 0 Å². The lowest BCUT2D eigenvalue weighted by molar-refractivity contribution is -0.138. The Morgan fingerprint density at radius 3 is 2.79 bits per heavy atom. The highest BCUT2D eigenvalue weighted by Crippen LogP contribution is 2.21. The SMILES string of the molecule is CCCC(Nc1nc(-c2ccccc2)ns1)C(=O)O. The van der Waals surface area contributed by atoms with Crippen molar-refractivity contribution in [3.05, 3.63) is 30.3 Å². The second-order valence-electron chi connectivity index (χ2n) is 4.11. The van der Waals surface area contributed by atoms with Gasteiger partial charge in [0.1, 0.15) is 6.04 Å². The number of nitrogens with one attached hydrogen (secondary N) is 1. The Morgan fingerprint density at radius 1 is 1.42 bits per heavy atom. The normalized spacial score (nSPS) is 12.1. The van der Waals surface area contributed by atoms with Crippen molar-refractivity contribution in [2.45, 2.75) is 25.8 Å². The molecule has 5 nitrogen and oxygen atoms in total. The first-order valence-corrected chi connectivity index (χ1v) is 6.86. The zero-order valence-electron chi connectivity index (χ0n) is 10.5. The zero-order chi connectivity index (χ0) is 13.7. The molecule has 6 heteroatoms. The highest BCUT2D eigenvalue weighted by molar-refractivity contribution is 7.09. The monoisotopic (exact) mass is 277 g/mol. The van der Waals surface area contributed by atoms with Gasteiger partial charge >= 0.3 is 5.97 Å². The minimum absolute atomic E-state index is 0.541. The average molecular weight is 277 g/mol. The third-order valence-corrected chi connectivity index (χ3v) is 3.28. The lowest BCUT2D eigenvalue weighted by Gasteiger charge is -2.11. The Balaban J connectivity index is 2.11. The first kappa shape index (κ1) is 13.5. The maximum Gasteiger partial charge on any atom is 0.326 e. The minimum Gasteiger partial charge on any atom is -0.480 e. The first-order chi connectivity index (χ1) is 9.20. The van der Waals surface area contributed by atoms with Gasteiger partial charge in [0.25, 0.3) is 0 Å². The number of hydrogen-bond donors (Lipinski definition) is 2. The molecule has 0 amide bonds. The highest BCUT2D eigenvalue weighted by Gasteiger charge is 2.18. The van der Waals surface area contributed by atoms with Crippen molar-refractivity contribution in [2.75, 3.05) is 5.32 Å². The van der Waals surface area contributed by atoms with Crippen LogP contribution in [-0.2, 0) is 4.79 Å². The molecular weight excluding hydrogens is 262 g/mol. The van der Waals surface area contributed by atoms with Gasteiger partial charge in [-0.05, 0) is 6.42 Å². The third-order valence-electron chi connectivity index (χ3n) is 2.63. The zero-order valence-corrected chi connectivity index (χ0v) is 11.4. The van der Waals surface area contributed by atoms with Crippen LogP contribution in [0.4, 0.5) is 5.13 Å². The van der Waals surface area contributed by atoms with Crippen molar-refractivity contribution in [2.24, 2.45) is 0 Å². The molecule has 1 aromatic carbocycles. The summed E-state index contributed by atoms with van der Waals surface area (Å²) in [6.45, 7) is 1.95. The summed E-state index contributed by atoms with van der Waals surface area (Å²) in [6, 6.07) is 9.00. The molecule has 0 saturated carbocycles. The molecule has 0 saturated heterocycles. The molecule has 1 atom stereocenters. The molecule has 1 unspecified atom stereocenters. The van der Waals surface area contributed by atoms with Crippen molar-refractivity contribution >= 4 is 22.6 Å². The van der Waals surface area contributed by atoms with Gasteiger partial charge in [-0.3, -0.25) is 0 Å². The molecule has 0 spiro atoms. The second kappa shape index (κ2) is 6.29. The molecule has 0 bridgehead atoms. The highest BCUT2D eigenvalue weighted by atomic mass is 32.1. The minimum atomic E-state index is -0.863. The summed E-state index contributed by atoms with van der Waals surface area (Å²) in [6.07, 6.45) is 1.36. The van der Waals surface area contributed by atoms with Crippen LogP contribution < -0.4 is 5.32 Å². The Labute approximate surface area is 115 Å². The van der Waals surface area contributed by atoms with E-state index in [1.807, 2.05) is 37.3 Å². The number of anilines is 1. The van der Waals surface area contributed by atoms with E-state index in [1.54, 1.807) is 0 Å². The molecule has 0 radical (unpaired) electrons. The van der Waals surface area contributed by atoms with Gasteiger partial charge < -0.3 is 10.4 Å². The van der Waals surface area contributed by atoms with Gasteiger partial charge in [0.05, 0.1) is 0 Å². The van der Waals surface area contributed by atoms with Crippen molar-refractivity contribution < 1.29 is 9.90 Å². The van der Waals surface area contributed by atoms with Crippen LogP contribution in [0.1, 0.15) is 19.8 Å². The lowest BCUT2D eigenvalue weighted by Crippen LogP contribution is -2.28. The molecule has 19 heavy (non-hydrogen) atoms. The van der Waals surface area contributed by atoms with E-state index in [2.05, 4.69) is 14.7 Å². The van der Waals surface area contributed by atoms with Crippen LogP contribution in [-0.4, -0.2) is 26.5 Å². The first-order valence-electron chi connectivity index (χ1n) is 6.09. The van der Waals surface area contributed by atoms with Crippen molar-refractivity contribution in [3.63, 3.8) is 0 Å². The largest absolute Gasteiger partial charge is 0.480 e. The molecule has 2 rings (SSSR count). The number of aromatic nitrogens is 2. The second-order valence-corrected chi connectivity index (χ2v) is 4.86. The summed E-state index contributed by atoms with van der Waals surface area (Å²) in [5.74, 6) is -0.243. The van der Waals surface area contributed by atoms with E-state index in [-0.39, 0.29) is 0 Å². The Bertz CT molecular complexity index is 542. The van der Waals surface area contributed by atoms with Gasteiger partial charge in [-0.2, -0.15) is 9.36 Å². The van der Waals surface area contributed by atoms with Gasteiger partial charge in [0, 0.05) is 17.1 Å².